The molecule has 88 valence electrons. The van der Waals surface area contributed by atoms with Crippen molar-refractivity contribution in [2.45, 2.75) is 52.5 Å². The van der Waals surface area contributed by atoms with E-state index in [-0.39, 0.29) is 6.03 Å². The molecule has 2 amide bonds. The smallest absolute Gasteiger partial charge is 0.317 e. The monoisotopic (exact) mass is 212 g/mol. The Morgan fingerprint density at radius 3 is 2.33 bits per heavy atom. The van der Waals surface area contributed by atoms with Gasteiger partial charge in [-0.3, -0.25) is 0 Å². The number of hydrogen-bond donors (Lipinski definition) is 1. The number of urea groups is 1. The molecule has 0 aromatic rings. The Morgan fingerprint density at radius 2 is 1.93 bits per heavy atom. The van der Waals surface area contributed by atoms with E-state index in [1.807, 2.05) is 18.7 Å². The van der Waals surface area contributed by atoms with Crippen LogP contribution in [0, 0.1) is 5.92 Å². The minimum Gasteiger partial charge on any atom is -0.335 e. The third-order valence-electron chi connectivity index (χ3n) is 3.19. The number of amides is 2. The lowest BCUT2D eigenvalue weighted by molar-refractivity contribution is 0.197. The van der Waals surface area contributed by atoms with Crippen LogP contribution in [0.4, 0.5) is 4.79 Å². The quantitative estimate of drug-likeness (QED) is 0.721. The summed E-state index contributed by atoms with van der Waals surface area (Å²) in [5.74, 6) is 0.881. The van der Waals surface area contributed by atoms with Gasteiger partial charge in [-0.2, -0.15) is 0 Å². The third-order valence-corrected chi connectivity index (χ3v) is 3.19. The maximum absolute atomic E-state index is 11.8. The second-order valence-corrected chi connectivity index (χ2v) is 4.41. The molecule has 0 aliphatic heterocycles. The maximum Gasteiger partial charge on any atom is 0.317 e. The first kappa shape index (κ1) is 12.3. The Morgan fingerprint density at radius 1 is 1.33 bits per heavy atom. The molecule has 0 radical (unpaired) electrons. The molecule has 0 heterocycles. The van der Waals surface area contributed by atoms with Crippen molar-refractivity contribution in [1.29, 1.82) is 0 Å². The van der Waals surface area contributed by atoms with Gasteiger partial charge in [-0.25, -0.2) is 4.79 Å². The van der Waals surface area contributed by atoms with Crippen molar-refractivity contribution >= 4 is 6.03 Å². The lowest BCUT2D eigenvalue weighted by Crippen LogP contribution is -2.44. The highest BCUT2D eigenvalue weighted by Crippen LogP contribution is 2.34. The highest BCUT2D eigenvalue weighted by molar-refractivity contribution is 5.74. The molecule has 1 N–H and O–H groups in total. The van der Waals surface area contributed by atoms with Gasteiger partial charge in [0.15, 0.2) is 0 Å². The number of carbonyl (C=O) groups is 1. The van der Waals surface area contributed by atoms with Crippen LogP contribution in [0.1, 0.15) is 46.5 Å². The molecule has 3 nitrogen and oxygen atoms in total. The van der Waals surface area contributed by atoms with Crippen LogP contribution in [0.15, 0.2) is 0 Å². The molecule has 15 heavy (non-hydrogen) atoms. The molecule has 3 heteroatoms. The van der Waals surface area contributed by atoms with Crippen LogP contribution in [-0.4, -0.2) is 30.1 Å². The van der Waals surface area contributed by atoms with E-state index in [2.05, 4.69) is 12.2 Å². The van der Waals surface area contributed by atoms with Crippen LogP contribution in [0.25, 0.3) is 0 Å². The fraction of sp³-hybridized carbons (Fsp3) is 0.917. The molecular formula is C12H24N2O. The summed E-state index contributed by atoms with van der Waals surface area (Å²) >= 11 is 0. The van der Waals surface area contributed by atoms with Gasteiger partial charge in [-0.1, -0.05) is 19.8 Å². The predicted octanol–water partition coefficient (Wildman–Crippen LogP) is 2.62. The van der Waals surface area contributed by atoms with Crippen molar-refractivity contribution in [3.63, 3.8) is 0 Å². The highest BCUT2D eigenvalue weighted by atomic mass is 16.2. The second kappa shape index (κ2) is 5.99. The largest absolute Gasteiger partial charge is 0.335 e. The highest BCUT2D eigenvalue weighted by Gasteiger charge is 2.26. The third kappa shape index (κ3) is 4.10. The lowest BCUT2D eigenvalue weighted by atomic mass is 10.1. The van der Waals surface area contributed by atoms with E-state index in [0.717, 1.165) is 25.4 Å². The Hall–Kier alpha value is -0.730. The van der Waals surface area contributed by atoms with Crippen molar-refractivity contribution in [1.82, 2.24) is 10.2 Å². The molecule has 0 saturated heterocycles. The average Bonchev–Trinajstić information content (AvgIpc) is 3.02. The van der Waals surface area contributed by atoms with Gasteiger partial charge in [0.2, 0.25) is 0 Å². The topological polar surface area (TPSA) is 32.3 Å². The van der Waals surface area contributed by atoms with Crippen LogP contribution in [0.5, 0.6) is 0 Å². The number of hydrogen-bond acceptors (Lipinski definition) is 1. The standard InChI is InChI=1S/C12H24N2O/c1-4-11(9-10-7-8-10)13-12(15)14(5-2)6-3/h10-11H,4-9H2,1-3H3,(H,13,15). The normalized spacial score (nSPS) is 17.3. The van der Waals surface area contributed by atoms with Gasteiger partial charge in [0.1, 0.15) is 0 Å². The summed E-state index contributed by atoms with van der Waals surface area (Å²) in [6.45, 7) is 7.77. The van der Waals surface area contributed by atoms with Crippen LogP contribution < -0.4 is 5.32 Å². The summed E-state index contributed by atoms with van der Waals surface area (Å²) in [6, 6.07) is 0.484. The van der Waals surface area contributed by atoms with Crippen molar-refractivity contribution < 1.29 is 4.79 Å². The van der Waals surface area contributed by atoms with Gasteiger partial charge in [0.05, 0.1) is 0 Å². The minimum atomic E-state index is 0.104. The molecule has 0 bridgehead atoms. The van der Waals surface area contributed by atoms with Crippen molar-refractivity contribution in [2.24, 2.45) is 5.92 Å². The number of carbonyl (C=O) groups excluding carboxylic acids is 1. The van der Waals surface area contributed by atoms with Gasteiger partial charge in [-0.05, 0) is 32.6 Å². The molecule has 1 unspecified atom stereocenters. The maximum atomic E-state index is 11.8. The summed E-state index contributed by atoms with van der Waals surface area (Å²) in [6.07, 6.45) is 4.93. The predicted molar refractivity (Wildman–Crippen MR) is 62.9 cm³/mol. The Labute approximate surface area is 93.2 Å². The zero-order valence-electron chi connectivity index (χ0n) is 10.3. The van der Waals surface area contributed by atoms with E-state index in [1.54, 1.807) is 0 Å². The van der Waals surface area contributed by atoms with E-state index in [9.17, 15) is 4.79 Å². The Kier molecular flexibility index (Phi) is 4.92. The summed E-state index contributed by atoms with van der Waals surface area (Å²) < 4.78 is 0. The molecule has 1 saturated carbocycles. The lowest BCUT2D eigenvalue weighted by Gasteiger charge is -2.23. The molecule has 1 rings (SSSR count). The number of nitrogens with one attached hydrogen (secondary N) is 1. The molecule has 1 fully saturated rings. The van der Waals surface area contributed by atoms with Crippen molar-refractivity contribution in [2.75, 3.05) is 13.1 Å². The van der Waals surface area contributed by atoms with Crippen LogP contribution >= 0.6 is 0 Å². The zero-order valence-corrected chi connectivity index (χ0v) is 10.3. The first-order valence-electron chi connectivity index (χ1n) is 6.26. The Balaban J connectivity index is 2.31. The van der Waals surface area contributed by atoms with E-state index in [4.69, 9.17) is 0 Å². The first-order chi connectivity index (χ1) is 7.21. The SMILES string of the molecule is CCC(CC1CC1)NC(=O)N(CC)CC. The molecule has 0 aromatic carbocycles. The van der Waals surface area contributed by atoms with Gasteiger partial charge in [-0.15, -0.1) is 0 Å². The zero-order chi connectivity index (χ0) is 11.3. The van der Waals surface area contributed by atoms with E-state index in [0.29, 0.717) is 6.04 Å². The Bertz CT molecular complexity index is 198. The van der Waals surface area contributed by atoms with E-state index >= 15 is 0 Å². The molecule has 0 aromatic heterocycles. The van der Waals surface area contributed by atoms with Gasteiger partial charge in [0.25, 0.3) is 0 Å². The summed E-state index contributed by atoms with van der Waals surface area (Å²) in [5.41, 5.74) is 0. The fourth-order valence-corrected chi connectivity index (χ4v) is 1.86. The van der Waals surface area contributed by atoms with Crippen LogP contribution in [0.2, 0.25) is 0 Å². The summed E-state index contributed by atoms with van der Waals surface area (Å²) in [7, 11) is 0. The molecule has 1 aliphatic carbocycles. The van der Waals surface area contributed by atoms with E-state index < -0.39 is 0 Å². The van der Waals surface area contributed by atoms with Crippen molar-refractivity contribution in [3.05, 3.63) is 0 Å². The van der Waals surface area contributed by atoms with E-state index in [1.165, 1.54) is 19.3 Å². The number of nitrogens with zero attached hydrogens (tertiary/aromatic N) is 1. The van der Waals surface area contributed by atoms with Gasteiger partial charge >= 0.3 is 6.03 Å². The van der Waals surface area contributed by atoms with Crippen LogP contribution in [-0.2, 0) is 0 Å². The molecule has 1 aliphatic rings. The second-order valence-electron chi connectivity index (χ2n) is 4.41. The molecule has 1 atom stereocenters. The van der Waals surface area contributed by atoms with Gasteiger partial charge < -0.3 is 10.2 Å². The number of rotatable bonds is 6. The molecular weight excluding hydrogens is 188 g/mol. The van der Waals surface area contributed by atoms with Crippen LogP contribution in [0.3, 0.4) is 0 Å². The summed E-state index contributed by atoms with van der Waals surface area (Å²) in [4.78, 5) is 13.6. The first-order valence-corrected chi connectivity index (χ1v) is 6.26. The minimum absolute atomic E-state index is 0.104. The van der Waals surface area contributed by atoms with Crippen molar-refractivity contribution in [3.8, 4) is 0 Å². The fourth-order valence-electron chi connectivity index (χ4n) is 1.86. The van der Waals surface area contributed by atoms with Gasteiger partial charge in [0, 0.05) is 19.1 Å². The average molecular weight is 212 g/mol. The molecule has 0 spiro atoms. The summed E-state index contributed by atoms with van der Waals surface area (Å²) in [5, 5.41) is 3.13.